The first-order valence-electron chi connectivity index (χ1n) is 6.93. The minimum Gasteiger partial charge on any atom is -0.384 e. The van der Waals surface area contributed by atoms with Crippen LogP contribution in [-0.4, -0.2) is 14.9 Å². The first-order chi connectivity index (χ1) is 8.48. The highest BCUT2D eigenvalue weighted by molar-refractivity contribution is 9.10. The number of hydrogen-bond acceptors (Lipinski definition) is 2. The van der Waals surface area contributed by atoms with E-state index in [0.717, 1.165) is 35.8 Å². The van der Waals surface area contributed by atoms with E-state index in [1.54, 1.807) is 0 Å². The molecule has 1 aliphatic rings. The molecule has 1 aromatic heterocycles. The molecule has 1 aromatic rings. The fourth-order valence-corrected chi connectivity index (χ4v) is 3.74. The molecule has 0 saturated heterocycles. The zero-order chi connectivity index (χ0) is 13.3. The molecule has 1 saturated carbocycles. The smallest absolute Gasteiger partial charge is 0.108 e. The van der Waals surface area contributed by atoms with Crippen LogP contribution >= 0.6 is 15.9 Å². The lowest BCUT2D eigenvalue weighted by atomic mass is 9.75. The topological polar surface area (TPSA) is 38.1 Å². The summed E-state index contributed by atoms with van der Waals surface area (Å²) in [6, 6.07) is 0.275. The molecule has 1 aliphatic carbocycles. The van der Waals surface area contributed by atoms with Gasteiger partial charge in [0.2, 0.25) is 0 Å². The van der Waals surface area contributed by atoms with Crippen LogP contribution in [0, 0.1) is 5.92 Å². The molecule has 0 radical (unpaired) electrons. The van der Waals surface area contributed by atoms with Gasteiger partial charge < -0.3 is 5.11 Å². The van der Waals surface area contributed by atoms with Crippen LogP contribution in [0.25, 0.3) is 0 Å². The SMILES string of the molecule is CCC1CCCC(O)(c2c(Br)cnn2C(C)C)C1. The van der Waals surface area contributed by atoms with Gasteiger partial charge in [0.05, 0.1) is 16.4 Å². The van der Waals surface area contributed by atoms with E-state index < -0.39 is 5.60 Å². The van der Waals surface area contributed by atoms with Gasteiger partial charge in [-0.25, -0.2) is 0 Å². The molecular weight excluding hydrogens is 292 g/mol. The van der Waals surface area contributed by atoms with Gasteiger partial charge in [0.15, 0.2) is 0 Å². The largest absolute Gasteiger partial charge is 0.384 e. The highest BCUT2D eigenvalue weighted by atomic mass is 79.9. The van der Waals surface area contributed by atoms with Gasteiger partial charge >= 0.3 is 0 Å². The van der Waals surface area contributed by atoms with E-state index in [-0.39, 0.29) is 6.04 Å². The summed E-state index contributed by atoms with van der Waals surface area (Å²) in [5, 5.41) is 15.4. The van der Waals surface area contributed by atoms with E-state index in [0.29, 0.717) is 5.92 Å². The molecule has 2 rings (SSSR count). The average molecular weight is 315 g/mol. The normalized spacial score (nSPS) is 28.9. The van der Waals surface area contributed by atoms with Gasteiger partial charge in [-0.05, 0) is 55.0 Å². The fourth-order valence-electron chi connectivity index (χ4n) is 3.10. The van der Waals surface area contributed by atoms with Crippen molar-refractivity contribution in [3.8, 4) is 0 Å². The zero-order valence-corrected chi connectivity index (χ0v) is 13.1. The Morgan fingerprint density at radius 3 is 2.94 bits per heavy atom. The summed E-state index contributed by atoms with van der Waals surface area (Å²) in [5.41, 5.74) is 0.258. The second-order valence-corrected chi connectivity index (χ2v) is 6.64. The molecule has 2 atom stereocenters. The Labute approximate surface area is 118 Å². The number of aliphatic hydroxyl groups is 1. The van der Waals surface area contributed by atoms with Crippen molar-refractivity contribution in [2.45, 2.75) is 64.5 Å². The summed E-state index contributed by atoms with van der Waals surface area (Å²) >= 11 is 3.55. The Balaban J connectivity index is 2.37. The molecule has 4 heteroatoms. The maximum Gasteiger partial charge on any atom is 0.108 e. The van der Waals surface area contributed by atoms with E-state index >= 15 is 0 Å². The van der Waals surface area contributed by atoms with Gasteiger partial charge in [-0.1, -0.05) is 19.8 Å². The standard InChI is InChI=1S/C14H23BrN2O/c1-4-11-6-5-7-14(18,8-11)13-12(15)9-16-17(13)10(2)3/h9-11,18H,4-8H2,1-3H3. The van der Waals surface area contributed by atoms with E-state index in [1.807, 2.05) is 10.9 Å². The maximum atomic E-state index is 11.1. The van der Waals surface area contributed by atoms with Crippen LogP contribution in [0.1, 0.15) is 64.6 Å². The van der Waals surface area contributed by atoms with Crippen molar-refractivity contribution in [3.63, 3.8) is 0 Å². The lowest BCUT2D eigenvalue weighted by molar-refractivity contribution is -0.0304. The minimum atomic E-state index is -0.710. The molecule has 0 spiro atoms. The van der Waals surface area contributed by atoms with Crippen LogP contribution in [0.2, 0.25) is 0 Å². The molecule has 0 amide bonds. The molecule has 18 heavy (non-hydrogen) atoms. The van der Waals surface area contributed by atoms with Crippen LogP contribution in [0.15, 0.2) is 10.7 Å². The molecule has 1 heterocycles. The van der Waals surface area contributed by atoms with Crippen molar-refractivity contribution in [2.24, 2.45) is 5.92 Å². The van der Waals surface area contributed by atoms with E-state index in [9.17, 15) is 5.11 Å². The summed E-state index contributed by atoms with van der Waals surface area (Å²) in [6.45, 7) is 6.42. The van der Waals surface area contributed by atoms with E-state index in [2.05, 4.69) is 41.8 Å². The summed E-state index contributed by atoms with van der Waals surface area (Å²) in [6.07, 6.45) is 7.01. The predicted octanol–water partition coefficient (Wildman–Crippen LogP) is 4.01. The third kappa shape index (κ3) is 2.50. The molecule has 1 N–H and O–H groups in total. The first-order valence-corrected chi connectivity index (χ1v) is 7.73. The zero-order valence-electron chi connectivity index (χ0n) is 11.5. The summed E-state index contributed by atoms with van der Waals surface area (Å²) < 4.78 is 2.90. The van der Waals surface area contributed by atoms with Gasteiger partial charge in [-0.3, -0.25) is 4.68 Å². The van der Waals surface area contributed by atoms with Crippen LogP contribution in [0.4, 0.5) is 0 Å². The number of nitrogens with zero attached hydrogens (tertiary/aromatic N) is 2. The van der Waals surface area contributed by atoms with Crippen LogP contribution in [-0.2, 0) is 5.60 Å². The Kier molecular flexibility index (Phi) is 4.17. The second-order valence-electron chi connectivity index (χ2n) is 5.78. The summed E-state index contributed by atoms with van der Waals surface area (Å²) in [7, 11) is 0. The van der Waals surface area contributed by atoms with E-state index in [1.165, 1.54) is 6.42 Å². The third-order valence-corrected chi connectivity index (χ3v) is 4.67. The van der Waals surface area contributed by atoms with Crippen LogP contribution in [0.5, 0.6) is 0 Å². The van der Waals surface area contributed by atoms with Crippen molar-refractivity contribution in [1.29, 1.82) is 0 Å². The second kappa shape index (κ2) is 5.33. The Hall–Kier alpha value is -0.350. The Morgan fingerprint density at radius 1 is 1.61 bits per heavy atom. The number of halogens is 1. The van der Waals surface area contributed by atoms with Gasteiger partial charge in [0.25, 0.3) is 0 Å². The van der Waals surface area contributed by atoms with Crippen molar-refractivity contribution < 1.29 is 5.11 Å². The molecule has 0 aromatic carbocycles. The van der Waals surface area contributed by atoms with Crippen molar-refractivity contribution in [1.82, 2.24) is 9.78 Å². The van der Waals surface area contributed by atoms with Gasteiger partial charge in [-0.15, -0.1) is 0 Å². The molecule has 102 valence electrons. The number of aromatic nitrogens is 2. The number of rotatable bonds is 3. The van der Waals surface area contributed by atoms with Crippen molar-refractivity contribution >= 4 is 15.9 Å². The molecule has 2 unspecified atom stereocenters. The lowest BCUT2D eigenvalue weighted by Crippen LogP contribution is -2.35. The predicted molar refractivity (Wildman–Crippen MR) is 76.5 cm³/mol. The molecule has 1 fully saturated rings. The van der Waals surface area contributed by atoms with Crippen molar-refractivity contribution in [2.75, 3.05) is 0 Å². The van der Waals surface area contributed by atoms with E-state index in [4.69, 9.17) is 0 Å². The fraction of sp³-hybridized carbons (Fsp3) is 0.786. The molecule has 0 aliphatic heterocycles. The maximum absolute atomic E-state index is 11.1. The Bertz CT molecular complexity index is 416. The summed E-state index contributed by atoms with van der Waals surface area (Å²) in [5.74, 6) is 0.631. The van der Waals surface area contributed by atoms with Crippen LogP contribution in [0.3, 0.4) is 0 Å². The molecule has 0 bridgehead atoms. The van der Waals surface area contributed by atoms with Crippen molar-refractivity contribution in [3.05, 3.63) is 16.4 Å². The number of hydrogen-bond donors (Lipinski definition) is 1. The van der Waals surface area contributed by atoms with Gasteiger partial charge in [0.1, 0.15) is 5.60 Å². The first kappa shape index (κ1) is 14.1. The molecule has 3 nitrogen and oxygen atoms in total. The van der Waals surface area contributed by atoms with Crippen LogP contribution < -0.4 is 0 Å². The van der Waals surface area contributed by atoms with Gasteiger partial charge in [0, 0.05) is 6.04 Å². The Morgan fingerprint density at radius 2 is 2.33 bits per heavy atom. The highest BCUT2D eigenvalue weighted by Gasteiger charge is 2.39. The minimum absolute atomic E-state index is 0.275. The average Bonchev–Trinajstić information content (AvgIpc) is 2.72. The monoisotopic (exact) mass is 314 g/mol. The molecular formula is C14H23BrN2O. The van der Waals surface area contributed by atoms with Gasteiger partial charge in [-0.2, -0.15) is 5.10 Å². The highest BCUT2D eigenvalue weighted by Crippen LogP contribution is 2.43. The quantitative estimate of drug-likeness (QED) is 0.915. The lowest BCUT2D eigenvalue weighted by Gasteiger charge is -2.37. The summed E-state index contributed by atoms with van der Waals surface area (Å²) in [4.78, 5) is 0. The third-order valence-electron chi connectivity index (χ3n) is 4.09.